The highest BCUT2D eigenvalue weighted by Gasteiger charge is 2.48. The minimum atomic E-state index is -0.945. The average molecular weight is 508 g/mol. The Morgan fingerprint density at radius 3 is 2.25 bits per heavy atom. The van der Waals surface area contributed by atoms with Crippen LogP contribution in [0.4, 0.5) is 5.69 Å². The van der Waals surface area contributed by atoms with Gasteiger partial charge >= 0.3 is 0 Å². The molecule has 186 valence electrons. The van der Waals surface area contributed by atoms with Crippen LogP contribution in [0.15, 0.2) is 72.3 Å². The molecule has 4 rings (SSSR count). The van der Waals surface area contributed by atoms with Crippen molar-refractivity contribution in [3.05, 3.63) is 88.5 Å². The van der Waals surface area contributed by atoms with Crippen molar-refractivity contribution in [1.29, 1.82) is 0 Å². The van der Waals surface area contributed by atoms with Crippen LogP contribution < -0.4 is 19.1 Å². The van der Waals surface area contributed by atoms with Gasteiger partial charge in [0.15, 0.2) is 0 Å². The SMILES string of the molecule is COc1cc(/C(O)=C2\C(=O)C(=O)N(c3ccc(OC(C)C)cc3)C2c2ccccc2OC)ccc1Cl. The van der Waals surface area contributed by atoms with Crippen LogP contribution in [0.1, 0.15) is 31.0 Å². The maximum absolute atomic E-state index is 13.4. The maximum atomic E-state index is 13.4. The number of aliphatic hydroxyl groups is 1. The standard InChI is InChI=1S/C28H26ClNO6/c1-16(2)36-19-12-10-18(11-13-19)30-25(20-7-5-6-8-22(20)34-3)24(27(32)28(30)33)26(31)17-9-14-21(29)23(15-17)35-4/h5-16,25,31H,1-4H3/b26-24+. The molecule has 1 aliphatic heterocycles. The number of Topliss-reactive ketones (excluding diaryl/α,β-unsaturated/α-hetero) is 1. The molecular weight excluding hydrogens is 482 g/mol. The van der Waals surface area contributed by atoms with E-state index in [1.165, 1.54) is 25.2 Å². The second kappa shape index (κ2) is 10.3. The Morgan fingerprint density at radius 2 is 1.61 bits per heavy atom. The lowest BCUT2D eigenvalue weighted by atomic mass is 9.94. The zero-order valence-corrected chi connectivity index (χ0v) is 21.1. The van der Waals surface area contributed by atoms with Crippen LogP contribution in [0, 0.1) is 0 Å². The quantitative estimate of drug-likeness (QED) is 0.248. The van der Waals surface area contributed by atoms with Crippen molar-refractivity contribution in [2.75, 3.05) is 19.1 Å². The van der Waals surface area contributed by atoms with Crippen LogP contribution in [0.25, 0.3) is 5.76 Å². The minimum Gasteiger partial charge on any atom is -0.507 e. The smallest absolute Gasteiger partial charge is 0.300 e. The molecule has 1 atom stereocenters. The summed E-state index contributed by atoms with van der Waals surface area (Å²) >= 11 is 6.15. The summed E-state index contributed by atoms with van der Waals surface area (Å²) in [6.45, 7) is 3.83. The Kier molecular flexibility index (Phi) is 7.22. The number of para-hydroxylation sites is 1. The number of rotatable bonds is 7. The van der Waals surface area contributed by atoms with E-state index in [2.05, 4.69) is 0 Å². The number of amides is 1. The number of hydrogen-bond donors (Lipinski definition) is 1. The highest BCUT2D eigenvalue weighted by atomic mass is 35.5. The van der Waals surface area contributed by atoms with Gasteiger partial charge in [-0.15, -0.1) is 0 Å². The van der Waals surface area contributed by atoms with Crippen molar-refractivity contribution in [3.8, 4) is 17.2 Å². The van der Waals surface area contributed by atoms with Crippen LogP contribution in [-0.4, -0.2) is 37.1 Å². The first-order valence-corrected chi connectivity index (χ1v) is 11.7. The number of halogens is 1. The molecule has 1 aliphatic rings. The molecular formula is C28H26ClNO6. The number of ether oxygens (including phenoxy) is 3. The van der Waals surface area contributed by atoms with E-state index in [0.29, 0.717) is 33.5 Å². The molecule has 36 heavy (non-hydrogen) atoms. The number of aliphatic hydroxyl groups excluding tert-OH is 1. The number of carbonyl (C=O) groups excluding carboxylic acids is 2. The third-order valence-corrected chi connectivity index (χ3v) is 6.10. The molecule has 3 aromatic carbocycles. The first-order chi connectivity index (χ1) is 17.3. The van der Waals surface area contributed by atoms with E-state index in [9.17, 15) is 14.7 Å². The fourth-order valence-corrected chi connectivity index (χ4v) is 4.40. The molecule has 0 saturated carbocycles. The van der Waals surface area contributed by atoms with E-state index in [1.807, 2.05) is 13.8 Å². The van der Waals surface area contributed by atoms with Crippen molar-refractivity contribution < 1.29 is 28.9 Å². The van der Waals surface area contributed by atoms with Crippen molar-refractivity contribution >= 4 is 34.7 Å². The summed E-state index contributed by atoms with van der Waals surface area (Å²) in [4.78, 5) is 28.1. The summed E-state index contributed by atoms with van der Waals surface area (Å²) in [5.41, 5.74) is 1.23. The molecule has 1 heterocycles. The highest BCUT2D eigenvalue weighted by molar-refractivity contribution is 6.51. The van der Waals surface area contributed by atoms with Gasteiger partial charge in [-0.2, -0.15) is 0 Å². The largest absolute Gasteiger partial charge is 0.507 e. The van der Waals surface area contributed by atoms with Crippen LogP contribution >= 0.6 is 11.6 Å². The molecule has 0 aliphatic carbocycles. The summed E-state index contributed by atoms with van der Waals surface area (Å²) < 4.78 is 16.5. The van der Waals surface area contributed by atoms with Gasteiger partial charge in [-0.25, -0.2) is 0 Å². The molecule has 0 bridgehead atoms. The van der Waals surface area contributed by atoms with Crippen LogP contribution in [0.3, 0.4) is 0 Å². The predicted octanol–water partition coefficient (Wildman–Crippen LogP) is 5.77. The van der Waals surface area contributed by atoms with Gasteiger partial charge in [0.2, 0.25) is 0 Å². The lowest BCUT2D eigenvalue weighted by Gasteiger charge is -2.27. The molecule has 1 unspecified atom stereocenters. The zero-order valence-electron chi connectivity index (χ0n) is 20.3. The van der Waals surface area contributed by atoms with Gasteiger partial charge in [0.25, 0.3) is 11.7 Å². The van der Waals surface area contributed by atoms with Gasteiger partial charge in [-0.1, -0.05) is 29.8 Å². The number of nitrogens with zero attached hydrogens (tertiary/aromatic N) is 1. The van der Waals surface area contributed by atoms with E-state index < -0.39 is 17.7 Å². The normalized spacial score (nSPS) is 16.9. The second-order valence-corrected chi connectivity index (χ2v) is 8.83. The zero-order chi connectivity index (χ0) is 26.0. The summed E-state index contributed by atoms with van der Waals surface area (Å²) in [6.07, 6.45) is -0.0185. The maximum Gasteiger partial charge on any atom is 0.300 e. The number of benzene rings is 3. The Hall–Kier alpha value is -3.97. The highest BCUT2D eigenvalue weighted by Crippen LogP contribution is 2.45. The topological polar surface area (TPSA) is 85.3 Å². The Labute approximate surface area is 214 Å². The second-order valence-electron chi connectivity index (χ2n) is 8.42. The Morgan fingerprint density at radius 1 is 0.944 bits per heavy atom. The fraction of sp³-hybridized carbons (Fsp3) is 0.214. The minimum absolute atomic E-state index is 0.0185. The van der Waals surface area contributed by atoms with Crippen molar-refractivity contribution in [2.24, 2.45) is 0 Å². The molecule has 0 aromatic heterocycles. The molecule has 1 fully saturated rings. The third-order valence-electron chi connectivity index (χ3n) is 5.79. The van der Waals surface area contributed by atoms with Gasteiger partial charge in [0.1, 0.15) is 23.0 Å². The van der Waals surface area contributed by atoms with Gasteiger partial charge in [0, 0.05) is 16.8 Å². The number of ketones is 1. The summed E-state index contributed by atoms with van der Waals surface area (Å²) in [5.74, 6) is -0.516. The number of carbonyl (C=O) groups is 2. The van der Waals surface area contributed by atoms with Gasteiger partial charge in [-0.3, -0.25) is 14.5 Å². The lowest BCUT2D eigenvalue weighted by molar-refractivity contribution is -0.132. The number of methoxy groups -OCH3 is 2. The summed E-state index contributed by atoms with van der Waals surface area (Å²) in [7, 11) is 2.96. The predicted molar refractivity (Wildman–Crippen MR) is 138 cm³/mol. The average Bonchev–Trinajstić information content (AvgIpc) is 3.14. The number of hydrogen-bond acceptors (Lipinski definition) is 6. The van der Waals surface area contributed by atoms with Crippen molar-refractivity contribution in [1.82, 2.24) is 0 Å². The van der Waals surface area contributed by atoms with Crippen molar-refractivity contribution in [2.45, 2.75) is 26.0 Å². The van der Waals surface area contributed by atoms with E-state index in [-0.39, 0.29) is 23.0 Å². The van der Waals surface area contributed by atoms with E-state index >= 15 is 0 Å². The molecule has 1 amide bonds. The van der Waals surface area contributed by atoms with E-state index in [4.69, 9.17) is 25.8 Å². The molecule has 1 N–H and O–H groups in total. The van der Waals surface area contributed by atoms with Gasteiger partial charge in [-0.05, 0) is 62.4 Å². The van der Waals surface area contributed by atoms with Gasteiger partial charge < -0.3 is 19.3 Å². The molecule has 3 aromatic rings. The van der Waals surface area contributed by atoms with Crippen LogP contribution in [-0.2, 0) is 9.59 Å². The summed E-state index contributed by atoms with van der Waals surface area (Å²) in [6, 6.07) is 17.6. The summed E-state index contributed by atoms with van der Waals surface area (Å²) in [5, 5.41) is 11.7. The van der Waals surface area contributed by atoms with Crippen LogP contribution in [0.2, 0.25) is 5.02 Å². The van der Waals surface area contributed by atoms with E-state index in [1.54, 1.807) is 60.7 Å². The lowest BCUT2D eigenvalue weighted by Crippen LogP contribution is -2.29. The monoisotopic (exact) mass is 507 g/mol. The number of anilines is 1. The molecule has 0 radical (unpaired) electrons. The van der Waals surface area contributed by atoms with Crippen molar-refractivity contribution in [3.63, 3.8) is 0 Å². The molecule has 8 heteroatoms. The molecule has 1 saturated heterocycles. The van der Waals surface area contributed by atoms with Crippen LogP contribution in [0.5, 0.6) is 17.2 Å². The molecule has 7 nitrogen and oxygen atoms in total. The molecule has 0 spiro atoms. The third kappa shape index (κ3) is 4.62. The Bertz CT molecular complexity index is 1330. The first kappa shape index (κ1) is 25.1. The van der Waals surface area contributed by atoms with Gasteiger partial charge in [0.05, 0.1) is 37.0 Å². The fourth-order valence-electron chi connectivity index (χ4n) is 4.21. The first-order valence-electron chi connectivity index (χ1n) is 11.3. The Balaban J connectivity index is 1.92. The van der Waals surface area contributed by atoms with E-state index in [0.717, 1.165) is 0 Å².